The van der Waals surface area contributed by atoms with Crippen LogP contribution in [-0.2, 0) is 14.3 Å². The van der Waals surface area contributed by atoms with Gasteiger partial charge in [0, 0.05) is 26.7 Å². The number of rotatable bonds is 5. The van der Waals surface area contributed by atoms with Crippen molar-refractivity contribution in [2.45, 2.75) is 65.0 Å². The molecule has 0 aromatic rings. The van der Waals surface area contributed by atoms with E-state index >= 15 is 0 Å². The molecular weight excluding hydrogens is 392 g/mol. The summed E-state index contributed by atoms with van der Waals surface area (Å²) in [5.74, 6) is 0.236. The van der Waals surface area contributed by atoms with Gasteiger partial charge in [0.05, 0.1) is 18.7 Å². The molecule has 3 N–H and O–H groups in total. The van der Waals surface area contributed by atoms with E-state index in [2.05, 4.69) is 20.9 Å². The van der Waals surface area contributed by atoms with Crippen molar-refractivity contribution in [3.05, 3.63) is 0 Å². The molecule has 170 valence electrons. The minimum atomic E-state index is -0.811. The molecule has 2 unspecified atom stereocenters. The molecule has 0 bridgehead atoms. The first-order valence-corrected chi connectivity index (χ1v) is 10.1. The highest BCUT2D eigenvalue weighted by Crippen LogP contribution is 2.33. The molecule has 2 atom stereocenters. The third kappa shape index (κ3) is 5.74. The first-order valence-electron chi connectivity index (χ1n) is 10.1. The molecule has 2 fully saturated rings. The molecule has 0 aromatic carbocycles. The molecule has 0 aromatic heterocycles. The van der Waals surface area contributed by atoms with Crippen LogP contribution < -0.4 is 16.0 Å². The molecule has 4 amide bonds. The number of aliphatic imine (C=N–C) groups is 1. The summed E-state index contributed by atoms with van der Waals surface area (Å²) in [5, 5.41) is 8.73. The summed E-state index contributed by atoms with van der Waals surface area (Å²) < 4.78 is 11.6. The van der Waals surface area contributed by atoms with E-state index in [1.165, 1.54) is 0 Å². The average molecular weight is 427 g/mol. The molecule has 11 heteroatoms. The van der Waals surface area contributed by atoms with Crippen molar-refractivity contribution in [3.8, 4) is 0 Å². The molecule has 11 nitrogen and oxygen atoms in total. The highest BCUT2D eigenvalue weighted by atomic mass is 16.6. The first-order chi connectivity index (χ1) is 13.9. The number of urea groups is 1. The SMILES string of the molecule is CN=C(NCCN1C(=O)CNC1=O)NCC1C(C)OC(C)(C)N1C(=O)OC(C)(C)C. The molecule has 0 radical (unpaired) electrons. The molecule has 0 aliphatic carbocycles. The van der Waals surface area contributed by atoms with Crippen LogP contribution in [0.3, 0.4) is 0 Å². The van der Waals surface area contributed by atoms with E-state index < -0.39 is 23.5 Å². The zero-order valence-corrected chi connectivity index (χ0v) is 18.9. The van der Waals surface area contributed by atoms with Crippen LogP contribution in [0.15, 0.2) is 4.99 Å². The summed E-state index contributed by atoms with van der Waals surface area (Å²) in [6.45, 7) is 12.0. The van der Waals surface area contributed by atoms with Gasteiger partial charge in [-0.25, -0.2) is 9.59 Å². The zero-order chi connectivity index (χ0) is 22.7. The van der Waals surface area contributed by atoms with E-state index in [-0.39, 0.29) is 31.1 Å². The predicted molar refractivity (Wildman–Crippen MR) is 111 cm³/mol. The summed E-state index contributed by atoms with van der Waals surface area (Å²) in [7, 11) is 1.62. The quantitative estimate of drug-likeness (QED) is 0.331. The number of imide groups is 1. The number of ether oxygens (including phenoxy) is 2. The van der Waals surface area contributed by atoms with E-state index in [1.807, 2.05) is 41.5 Å². The van der Waals surface area contributed by atoms with Crippen molar-refractivity contribution in [1.82, 2.24) is 25.8 Å². The van der Waals surface area contributed by atoms with E-state index in [4.69, 9.17) is 9.47 Å². The summed E-state index contributed by atoms with van der Waals surface area (Å²) in [5.41, 5.74) is -1.43. The third-order valence-corrected chi connectivity index (χ3v) is 4.79. The fourth-order valence-electron chi connectivity index (χ4n) is 3.51. The van der Waals surface area contributed by atoms with Gasteiger partial charge < -0.3 is 25.4 Å². The zero-order valence-electron chi connectivity index (χ0n) is 18.9. The molecule has 2 saturated heterocycles. The van der Waals surface area contributed by atoms with Gasteiger partial charge in [-0.2, -0.15) is 0 Å². The van der Waals surface area contributed by atoms with Gasteiger partial charge in [0.1, 0.15) is 11.3 Å². The van der Waals surface area contributed by atoms with Crippen molar-refractivity contribution in [1.29, 1.82) is 0 Å². The number of carbonyl (C=O) groups excluding carboxylic acids is 3. The Kier molecular flexibility index (Phi) is 7.17. The highest BCUT2D eigenvalue weighted by molar-refractivity contribution is 6.01. The molecule has 2 heterocycles. The minimum absolute atomic E-state index is 0.0294. The lowest BCUT2D eigenvalue weighted by Gasteiger charge is -2.35. The molecule has 2 rings (SSSR count). The van der Waals surface area contributed by atoms with Crippen LogP contribution >= 0.6 is 0 Å². The normalized spacial score (nSPS) is 24.2. The van der Waals surface area contributed by atoms with Gasteiger partial charge in [-0.05, 0) is 41.5 Å². The van der Waals surface area contributed by atoms with E-state index in [1.54, 1.807) is 11.9 Å². The summed E-state index contributed by atoms with van der Waals surface area (Å²) in [6, 6.07) is -0.670. The van der Waals surface area contributed by atoms with Crippen molar-refractivity contribution in [2.75, 3.05) is 33.2 Å². The third-order valence-electron chi connectivity index (χ3n) is 4.79. The lowest BCUT2D eigenvalue weighted by Crippen LogP contribution is -2.54. The lowest BCUT2D eigenvalue weighted by molar-refractivity contribution is -0.124. The highest BCUT2D eigenvalue weighted by Gasteiger charge is 2.49. The van der Waals surface area contributed by atoms with Gasteiger partial charge >= 0.3 is 12.1 Å². The largest absolute Gasteiger partial charge is 0.444 e. The summed E-state index contributed by atoms with van der Waals surface area (Å²) in [4.78, 5) is 42.9. The van der Waals surface area contributed by atoms with Crippen molar-refractivity contribution in [2.24, 2.45) is 4.99 Å². The van der Waals surface area contributed by atoms with Gasteiger partial charge in [-0.15, -0.1) is 0 Å². The van der Waals surface area contributed by atoms with Crippen molar-refractivity contribution in [3.63, 3.8) is 0 Å². The van der Waals surface area contributed by atoms with Crippen LogP contribution in [-0.4, -0.2) is 90.5 Å². The Morgan fingerprint density at radius 1 is 1.33 bits per heavy atom. The number of carbonyl (C=O) groups is 3. The molecule has 0 saturated carbocycles. The number of nitrogens with zero attached hydrogens (tertiary/aromatic N) is 3. The number of hydrogen-bond donors (Lipinski definition) is 3. The van der Waals surface area contributed by atoms with Gasteiger partial charge in [-0.3, -0.25) is 19.6 Å². The molecule has 2 aliphatic rings. The lowest BCUT2D eigenvalue weighted by atomic mass is 10.1. The average Bonchev–Trinajstić information content (AvgIpc) is 3.04. The Balaban J connectivity index is 1.94. The van der Waals surface area contributed by atoms with Crippen LogP contribution in [0.4, 0.5) is 9.59 Å². The summed E-state index contributed by atoms with van der Waals surface area (Å²) >= 11 is 0. The Labute approximate surface area is 177 Å². The topological polar surface area (TPSA) is 125 Å². The second-order valence-electron chi connectivity index (χ2n) is 8.77. The van der Waals surface area contributed by atoms with E-state index in [0.717, 1.165) is 4.90 Å². The van der Waals surface area contributed by atoms with Gasteiger partial charge in [0.2, 0.25) is 5.91 Å². The predicted octanol–water partition coefficient (Wildman–Crippen LogP) is 0.464. The van der Waals surface area contributed by atoms with E-state index in [0.29, 0.717) is 19.0 Å². The maximum atomic E-state index is 12.8. The Morgan fingerprint density at radius 3 is 2.53 bits per heavy atom. The number of hydrogen-bond acceptors (Lipinski definition) is 6. The number of guanidine groups is 1. The van der Waals surface area contributed by atoms with Gasteiger partial charge in [0.25, 0.3) is 0 Å². The maximum Gasteiger partial charge on any atom is 0.412 e. The smallest absolute Gasteiger partial charge is 0.412 e. The number of amides is 4. The molecule has 2 aliphatic heterocycles. The van der Waals surface area contributed by atoms with Crippen LogP contribution in [0.1, 0.15) is 41.5 Å². The van der Waals surface area contributed by atoms with E-state index in [9.17, 15) is 14.4 Å². The Bertz CT molecular complexity index is 686. The van der Waals surface area contributed by atoms with Crippen LogP contribution in [0.5, 0.6) is 0 Å². The first kappa shape index (κ1) is 23.7. The van der Waals surface area contributed by atoms with Crippen LogP contribution in [0.25, 0.3) is 0 Å². The Morgan fingerprint density at radius 2 is 2.00 bits per heavy atom. The fourth-order valence-corrected chi connectivity index (χ4v) is 3.51. The van der Waals surface area contributed by atoms with Crippen LogP contribution in [0, 0.1) is 0 Å². The second-order valence-corrected chi connectivity index (χ2v) is 8.77. The van der Waals surface area contributed by atoms with Crippen molar-refractivity contribution >= 4 is 24.0 Å². The minimum Gasteiger partial charge on any atom is -0.444 e. The van der Waals surface area contributed by atoms with Gasteiger partial charge in [0.15, 0.2) is 5.96 Å². The molecular formula is C19H34N6O5. The standard InChI is InChI=1S/C19H34N6O5/c1-12-13(25(19(5,6)29-12)17(28)30-18(2,3)4)10-22-15(20-7)21-8-9-24-14(26)11-23-16(24)27/h12-13H,8-11H2,1-7H3,(H,23,27)(H2,20,21,22). The summed E-state index contributed by atoms with van der Waals surface area (Å²) in [6.07, 6.45) is -0.658. The number of nitrogens with one attached hydrogen (secondary N) is 3. The second kappa shape index (κ2) is 9.07. The maximum absolute atomic E-state index is 12.8. The molecule has 0 spiro atoms. The fraction of sp³-hybridized carbons (Fsp3) is 0.789. The monoisotopic (exact) mass is 426 g/mol. The Hall–Kier alpha value is -2.56. The molecule has 30 heavy (non-hydrogen) atoms. The van der Waals surface area contributed by atoms with Crippen molar-refractivity contribution < 1.29 is 23.9 Å². The van der Waals surface area contributed by atoms with Crippen LogP contribution in [0.2, 0.25) is 0 Å². The van der Waals surface area contributed by atoms with Gasteiger partial charge in [-0.1, -0.05) is 0 Å².